The molecule has 0 aliphatic rings. The summed E-state index contributed by atoms with van der Waals surface area (Å²) in [5.41, 5.74) is -1.29. The van der Waals surface area contributed by atoms with E-state index in [4.69, 9.17) is 5.11 Å². The van der Waals surface area contributed by atoms with Crippen LogP contribution in [0.4, 0.5) is 0 Å². The monoisotopic (exact) mass is 210 g/mol. The van der Waals surface area contributed by atoms with Crippen LogP contribution in [-0.2, 0) is 11.3 Å². The molecule has 2 heterocycles. The van der Waals surface area contributed by atoms with Crippen LogP contribution in [0.2, 0.25) is 0 Å². The van der Waals surface area contributed by atoms with Crippen LogP contribution in [0.5, 0.6) is 0 Å². The number of hydrogen-bond donors (Lipinski definition) is 3. The average Bonchev–Trinajstić information content (AvgIpc) is 2.59. The second-order valence-electron chi connectivity index (χ2n) is 2.84. The van der Waals surface area contributed by atoms with E-state index in [1.807, 2.05) is 0 Å². The van der Waals surface area contributed by atoms with Crippen molar-refractivity contribution in [3.05, 3.63) is 27.2 Å². The van der Waals surface area contributed by atoms with Gasteiger partial charge in [0, 0.05) is 0 Å². The molecule has 78 valence electrons. The molecule has 0 amide bonds. The van der Waals surface area contributed by atoms with E-state index in [9.17, 15) is 14.4 Å². The van der Waals surface area contributed by atoms with E-state index in [1.165, 1.54) is 6.33 Å². The molecule has 0 saturated carbocycles. The Morgan fingerprint density at radius 2 is 2.27 bits per heavy atom. The zero-order valence-corrected chi connectivity index (χ0v) is 7.35. The summed E-state index contributed by atoms with van der Waals surface area (Å²) in [7, 11) is 0. The van der Waals surface area contributed by atoms with Crippen LogP contribution >= 0.6 is 0 Å². The van der Waals surface area contributed by atoms with Gasteiger partial charge in [-0.3, -0.25) is 14.6 Å². The number of nitrogens with zero attached hydrogens (tertiary/aromatic N) is 2. The Kier molecular flexibility index (Phi) is 1.89. The van der Waals surface area contributed by atoms with Gasteiger partial charge in [0.25, 0.3) is 5.56 Å². The zero-order chi connectivity index (χ0) is 11.0. The fourth-order valence-electron chi connectivity index (χ4n) is 1.23. The second-order valence-corrected chi connectivity index (χ2v) is 2.84. The predicted octanol–water partition coefficient (Wildman–Crippen LogP) is -1.50. The summed E-state index contributed by atoms with van der Waals surface area (Å²) in [6.45, 7) is -0.677. The van der Waals surface area contributed by atoms with Crippen LogP contribution in [-0.4, -0.2) is 30.6 Å². The van der Waals surface area contributed by atoms with E-state index in [0.29, 0.717) is 4.57 Å². The number of H-pyrrole nitrogens is 2. The summed E-state index contributed by atoms with van der Waals surface area (Å²) in [4.78, 5) is 41.7. The minimum Gasteiger partial charge on any atom is -0.480 e. The van der Waals surface area contributed by atoms with Crippen LogP contribution in [0.25, 0.3) is 11.2 Å². The number of nitrogens with one attached hydrogen (secondary N) is 2. The summed E-state index contributed by atoms with van der Waals surface area (Å²) in [6.07, 6.45) is 1.24. The normalized spacial score (nSPS) is 10.7. The Morgan fingerprint density at radius 1 is 1.53 bits per heavy atom. The molecule has 0 aliphatic carbocycles. The number of rotatable bonds is 2. The molecule has 0 atom stereocenters. The van der Waals surface area contributed by atoms with E-state index < -0.39 is 23.8 Å². The summed E-state index contributed by atoms with van der Waals surface area (Å²) in [6, 6.07) is 0. The Morgan fingerprint density at radius 3 is 2.93 bits per heavy atom. The quantitative estimate of drug-likeness (QED) is 0.556. The molecule has 0 spiro atoms. The number of hydrogen-bond acceptors (Lipinski definition) is 4. The van der Waals surface area contributed by atoms with Crippen LogP contribution in [0.3, 0.4) is 0 Å². The summed E-state index contributed by atoms with van der Waals surface area (Å²) in [5.74, 6) is -1.26. The molecular weight excluding hydrogens is 204 g/mol. The number of aliphatic carboxylic acids is 1. The van der Waals surface area contributed by atoms with Gasteiger partial charge in [0.1, 0.15) is 12.1 Å². The number of carboxylic acid groups (broad SMARTS) is 1. The standard InChI is InChI=1S/C7H6N4O4/c12-3(13)1-11-6(14)4-5(9-2-8-4)10-7(11)15/h2H,1H2,(H,8,9)(H,10,15)(H,12,13). The number of aromatic nitrogens is 4. The summed E-state index contributed by atoms with van der Waals surface area (Å²) in [5, 5.41) is 8.50. The van der Waals surface area contributed by atoms with Gasteiger partial charge in [0.15, 0.2) is 5.65 Å². The van der Waals surface area contributed by atoms with Crippen LogP contribution in [0, 0.1) is 0 Å². The highest BCUT2D eigenvalue weighted by Crippen LogP contribution is 1.94. The smallest absolute Gasteiger partial charge is 0.330 e. The topological polar surface area (TPSA) is 121 Å². The highest BCUT2D eigenvalue weighted by molar-refractivity contribution is 5.69. The summed E-state index contributed by atoms with van der Waals surface area (Å²) < 4.78 is 0.586. The molecule has 2 rings (SSSR count). The molecule has 0 unspecified atom stereocenters. The maximum atomic E-state index is 11.6. The first-order valence-corrected chi connectivity index (χ1v) is 3.97. The molecule has 0 aromatic carbocycles. The van der Waals surface area contributed by atoms with Gasteiger partial charge in [-0.05, 0) is 0 Å². The molecule has 8 nitrogen and oxygen atoms in total. The third-order valence-corrected chi connectivity index (χ3v) is 1.86. The van der Waals surface area contributed by atoms with Crippen molar-refractivity contribution >= 4 is 17.1 Å². The molecule has 0 saturated heterocycles. The Bertz CT molecular complexity index is 634. The largest absolute Gasteiger partial charge is 0.480 e. The highest BCUT2D eigenvalue weighted by Gasteiger charge is 2.11. The third kappa shape index (κ3) is 1.41. The number of fused-ring (bicyclic) bond motifs is 1. The Hall–Kier alpha value is -2.38. The van der Waals surface area contributed by atoms with E-state index >= 15 is 0 Å². The van der Waals surface area contributed by atoms with E-state index in [2.05, 4.69) is 15.0 Å². The van der Waals surface area contributed by atoms with Crippen molar-refractivity contribution in [2.75, 3.05) is 0 Å². The van der Waals surface area contributed by atoms with Crippen molar-refractivity contribution in [1.29, 1.82) is 0 Å². The van der Waals surface area contributed by atoms with Crippen molar-refractivity contribution in [3.63, 3.8) is 0 Å². The predicted molar refractivity (Wildman–Crippen MR) is 48.6 cm³/mol. The zero-order valence-electron chi connectivity index (χ0n) is 7.35. The van der Waals surface area contributed by atoms with Gasteiger partial charge in [0.2, 0.25) is 0 Å². The highest BCUT2D eigenvalue weighted by atomic mass is 16.4. The van der Waals surface area contributed by atoms with Crippen molar-refractivity contribution in [2.45, 2.75) is 6.54 Å². The fraction of sp³-hybridized carbons (Fsp3) is 0.143. The molecule has 2 aromatic heterocycles. The van der Waals surface area contributed by atoms with Gasteiger partial charge in [-0.15, -0.1) is 0 Å². The van der Waals surface area contributed by atoms with E-state index in [-0.39, 0.29) is 11.2 Å². The van der Waals surface area contributed by atoms with E-state index in [0.717, 1.165) is 0 Å². The lowest BCUT2D eigenvalue weighted by molar-refractivity contribution is -0.137. The number of imidazole rings is 1. The molecule has 0 bridgehead atoms. The summed E-state index contributed by atoms with van der Waals surface area (Å²) >= 11 is 0. The fourth-order valence-corrected chi connectivity index (χ4v) is 1.23. The Labute approximate surface area is 81.2 Å². The van der Waals surface area contributed by atoms with Crippen molar-refractivity contribution in [2.24, 2.45) is 0 Å². The van der Waals surface area contributed by atoms with Gasteiger partial charge >= 0.3 is 11.7 Å². The van der Waals surface area contributed by atoms with Gasteiger partial charge in [-0.2, -0.15) is 0 Å². The second kappa shape index (κ2) is 3.08. The number of carbonyl (C=O) groups is 1. The lowest BCUT2D eigenvalue weighted by Crippen LogP contribution is -2.37. The van der Waals surface area contributed by atoms with Crippen LogP contribution in [0.15, 0.2) is 15.9 Å². The molecule has 8 heteroatoms. The van der Waals surface area contributed by atoms with E-state index in [1.54, 1.807) is 0 Å². The lowest BCUT2D eigenvalue weighted by atomic mass is 10.5. The molecule has 0 aliphatic heterocycles. The third-order valence-electron chi connectivity index (χ3n) is 1.86. The first kappa shape index (κ1) is 9.19. The minimum absolute atomic E-state index is 0.0795. The molecule has 0 fully saturated rings. The average molecular weight is 210 g/mol. The molecular formula is C7H6N4O4. The van der Waals surface area contributed by atoms with Gasteiger partial charge in [-0.25, -0.2) is 14.3 Å². The molecule has 2 aromatic rings. The SMILES string of the molecule is O=C(O)Cn1c(=O)[nH]c2nc[nH]c2c1=O. The lowest BCUT2D eigenvalue weighted by Gasteiger charge is -1.99. The van der Waals surface area contributed by atoms with Crippen LogP contribution in [0.1, 0.15) is 0 Å². The van der Waals surface area contributed by atoms with Gasteiger partial charge in [0.05, 0.1) is 6.33 Å². The minimum atomic E-state index is -1.26. The van der Waals surface area contributed by atoms with Crippen molar-refractivity contribution in [1.82, 2.24) is 19.5 Å². The number of aromatic amines is 2. The van der Waals surface area contributed by atoms with Crippen molar-refractivity contribution < 1.29 is 9.90 Å². The molecule has 15 heavy (non-hydrogen) atoms. The number of carboxylic acids is 1. The first-order chi connectivity index (χ1) is 7.09. The van der Waals surface area contributed by atoms with Crippen LogP contribution < -0.4 is 11.2 Å². The maximum absolute atomic E-state index is 11.6. The van der Waals surface area contributed by atoms with Gasteiger partial charge < -0.3 is 10.1 Å². The van der Waals surface area contributed by atoms with Gasteiger partial charge in [-0.1, -0.05) is 0 Å². The first-order valence-electron chi connectivity index (χ1n) is 3.97. The van der Waals surface area contributed by atoms with Crippen molar-refractivity contribution in [3.8, 4) is 0 Å². The molecule has 0 radical (unpaired) electrons. The molecule has 3 N–H and O–H groups in total. The Balaban J connectivity index is 2.78. The maximum Gasteiger partial charge on any atom is 0.330 e.